The highest BCUT2D eigenvalue weighted by atomic mass is 79.9. The summed E-state index contributed by atoms with van der Waals surface area (Å²) >= 11 is 3.39. The molecule has 1 aromatic carbocycles. The molecule has 0 aliphatic heterocycles. The third kappa shape index (κ3) is 3.31. The molecule has 0 bridgehead atoms. The van der Waals surface area contributed by atoms with E-state index in [4.69, 9.17) is 0 Å². The number of hydrogen-bond acceptors (Lipinski definition) is 2. The maximum absolute atomic E-state index is 13.0. The second-order valence-corrected chi connectivity index (χ2v) is 5.87. The maximum atomic E-state index is 13.0. The van der Waals surface area contributed by atoms with E-state index in [1.54, 1.807) is 6.07 Å². The predicted octanol–water partition coefficient (Wildman–Crippen LogP) is 3.54. The Morgan fingerprint density at radius 3 is 2.78 bits per heavy atom. The second-order valence-electron chi connectivity index (χ2n) is 5.01. The van der Waals surface area contributed by atoms with Crippen LogP contribution in [0.25, 0.3) is 0 Å². The number of aliphatic hydroxyl groups is 1. The quantitative estimate of drug-likeness (QED) is 0.894. The lowest BCUT2D eigenvalue weighted by Crippen LogP contribution is -2.43. The Balaban J connectivity index is 2.04. The van der Waals surface area contributed by atoms with Crippen molar-refractivity contribution in [2.24, 2.45) is 0 Å². The average molecular weight is 316 g/mol. The van der Waals surface area contributed by atoms with Crippen molar-refractivity contribution >= 4 is 15.9 Å². The minimum absolute atomic E-state index is 0.0951. The molecule has 1 aliphatic rings. The van der Waals surface area contributed by atoms with Crippen LogP contribution in [0, 0.1) is 5.82 Å². The van der Waals surface area contributed by atoms with Crippen molar-refractivity contribution < 1.29 is 9.50 Å². The molecule has 2 nitrogen and oxygen atoms in total. The Kier molecular flexibility index (Phi) is 4.76. The molecule has 1 fully saturated rings. The summed E-state index contributed by atoms with van der Waals surface area (Å²) < 4.78 is 13.8. The third-order valence-corrected chi connectivity index (χ3v) is 4.31. The molecule has 3 atom stereocenters. The largest absolute Gasteiger partial charge is 0.392 e. The smallest absolute Gasteiger partial charge is 0.124 e. The lowest BCUT2D eigenvalue weighted by atomic mass is 9.91. The molecule has 1 saturated carbocycles. The van der Waals surface area contributed by atoms with Crippen LogP contribution in [0.15, 0.2) is 22.7 Å². The molecule has 2 rings (SSSR count). The van der Waals surface area contributed by atoms with Crippen LogP contribution >= 0.6 is 15.9 Å². The number of halogens is 2. The van der Waals surface area contributed by atoms with Gasteiger partial charge in [0.25, 0.3) is 0 Å². The minimum atomic E-state index is -0.263. The standard InChI is InChI=1S/C14H19BrFNO/c1-9(11-7-6-10(16)8-12(11)15)17-13-4-2-3-5-14(13)18/h6-9,13-14,17-18H,2-5H2,1H3. The zero-order valence-electron chi connectivity index (χ0n) is 10.5. The van der Waals surface area contributed by atoms with E-state index in [0.717, 1.165) is 35.7 Å². The summed E-state index contributed by atoms with van der Waals surface area (Å²) in [5.41, 5.74) is 1.02. The van der Waals surface area contributed by atoms with Crippen LogP contribution in [0.2, 0.25) is 0 Å². The summed E-state index contributed by atoms with van der Waals surface area (Å²) in [4.78, 5) is 0. The van der Waals surface area contributed by atoms with Gasteiger partial charge in [0.1, 0.15) is 5.82 Å². The molecule has 0 aromatic heterocycles. The Morgan fingerprint density at radius 1 is 1.39 bits per heavy atom. The molecule has 0 heterocycles. The zero-order chi connectivity index (χ0) is 13.1. The molecular formula is C14H19BrFNO. The second kappa shape index (κ2) is 6.13. The van der Waals surface area contributed by atoms with Crippen LogP contribution < -0.4 is 5.32 Å². The van der Waals surface area contributed by atoms with E-state index in [2.05, 4.69) is 21.2 Å². The molecule has 18 heavy (non-hydrogen) atoms. The maximum Gasteiger partial charge on any atom is 0.124 e. The van der Waals surface area contributed by atoms with Crippen LogP contribution in [0.3, 0.4) is 0 Å². The molecule has 0 radical (unpaired) electrons. The molecule has 0 amide bonds. The van der Waals surface area contributed by atoms with Gasteiger partial charge in [-0.1, -0.05) is 34.8 Å². The summed E-state index contributed by atoms with van der Waals surface area (Å²) in [6.45, 7) is 2.04. The first-order chi connectivity index (χ1) is 8.58. The fourth-order valence-electron chi connectivity index (χ4n) is 2.57. The molecule has 4 heteroatoms. The van der Waals surface area contributed by atoms with Gasteiger partial charge in [-0.2, -0.15) is 0 Å². The van der Waals surface area contributed by atoms with Gasteiger partial charge >= 0.3 is 0 Å². The SMILES string of the molecule is CC(NC1CCCCC1O)c1ccc(F)cc1Br. The van der Waals surface area contributed by atoms with Gasteiger partial charge in [-0.25, -0.2) is 4.39 Å². The monoisotopic (exact) mass is 315 g/mol. The van der Waals surface area contributed by atoms with Crippen molar-refractivity contribution in [3.63, 3.8) is 0 Å². The molecule has 100 valence electrons. The highest BCUT2D eigenvalue weighted by Gasteiger charge is 2.24. The summed E-state index contributed by atoms with van der Waals surface area (Å²) in [5, 5.41) is 13.4. The summed E-state index contributed by atoms with van der Waals surface area (Å²) in [6.07, 6.45) is 3.87. The summed E-state index contributed by atoms with van der Waals surface area (Å²) in [6, 6.07) is 4.97. The van der Waals surface area contributed by atoms with E-state index < -0.39 is 0 Å². The molecule has 1 aromatic rings. The van der Waals surface area contributed by atoms with Gasteiger partial charge in [0.2, 0.25) is 0 Å². The highest BCUT2D eigenvalue weighted by molar-refractivity contribution is 9.10. The first kappa shape index (κ1) is 14.0. The van der Waals surface area contributed by atoms with Crippen molar-refractivity contribution in [2.75, 3.05) is 0 Å². The van der Waals surface area contributed by atoms with Crippen LogP contribution in [-0.2, 0) is 0 Å². The topological polar surface area (TPSA) is 32.3 Å². The fraction of sp³-hybridized carbons (Fsp3) is 0.571. The van der Waals surface area contributed by atoms with Crippen LogP contribution in [-0.4, -0.2) is 17.3 Å². The van der Waals surface area contributed by atoms with Crippen molar-refractivity contribution in [3.8, 4) is 0 Å². The van der Waals surface area contributed by atoms with Gasteiger partial charge in [-0.15, -0.1) is 0 Å². The minimum Gasteiger partial charge on any atom is -0.392 e. The number of hydrogen-bond donors (Lipinski definition) is 2. The lowest BCUT2D eigenvalue weighted by Gasteiger charge is -2.31. The molecule has 0 saturated heterocycles. The normalized spacial score (nSPS) is 26.0. The van der Waals surface area contributed by atoms with E-state index in [1.807, 2.05) is 6.92 Å². The fourth-order valence-corrected chi connectivity index (χ4v) is 3.26. The van der Waals surface area contributed by atoms with E-state index in [-0.39, 0.29) is 24.0 Å². The van der Waals surface area contributed by atoms with E-state index in [1.165, 1.54) is 12.1 Å². The van der Waals surface area contributed by atoms with Gasteiger partial charge in [-0.05, 0) is 37.5 Å². The van der Waals surface area contributed by atoms with Gasteiger partial charge < -0.3 is 10.4 Å². The third-order valence-electron chi connectivity index (χ3n) is 3.62. The molecule has 2 N–H and O–H groups in total. The Morgan fingerprint density at radius 2 is 2.11 bits per heavy atom. The molecular weight excluding hydrogens is 297 g/mol. The first-order valence-electron chi connectivity index (χ1n) is 6.47. The van der Waals surface area contributed by atoms with Crippen LogP contribution in [0.1, 0.15) is 44.2 Å². The van der Waals surface area contributed by atoms with Crippen molar-refractivity contribution in [1.82, 2.24) is 5.32 Å². The van der Waals surface area contributed by atoms with Gasteiger partial charge in [0.05, 0.1) is 6.10 Å². The zero-order valence-corrected chi connectivity index (χ0v) is 12.1. The van der Waals surface area contributed by atoms with Crippen LogP contribution in [0.5, 0.6) is 0 Å². The number of nitrogens with one attached hydrogen (secondary N) is 1. The predicted molar refractivity (Wildman–Crippen MR) is 73.9 cm³/mol. The van der Waals surface area contributed by atoms with Crippen molar-refractivity contribution in [3.05, 3.63) is 34.1 Å². The van der Waals surface area contributed by atoms with Gasteiger partial charge in [-0.3, -0.25) is 0 Å². The Bertz CT molecular complexity index is 413. The Labute approximate surface area is 116 Å². The first-order valence-corrected chi connectivity index (χ1v) is 7.26. The van der Waals surface area contributed by atoms with Crippen LogP contribution in [0.4, 0.5) is 4.39 Å². The van der Waals surface area contributed by atoms with E-state index >= 15 is 0 Å². The highest BCUT2D eigenvalue weighted by Crippen LogP contribution is 2.27. The van der Waals surface area contributed by atoms with Crippen molar-refractivity contribution in [2.45, 2.75) is 50.8 Å². The van der Waals surface area contributed by atoms with E-state index in [9.17, 15) is 9.50 Å². The number of benzene rings is 1. The van der Waals surface area contributed by atoms with Gasteiger partial charge in [0, 0.05) is 16.6 Å². The van der Waals surface area contributed by atoms with E-state index in [0.29, 0.717) is 0 Å². The lowest BCUT2D eigenvalue weighted by molar-refractivity contribution is 0.0859. The summed E-state index contributed by atoms with van der Waals surface area (Å²) in [7, 11) is 0. The molecule has 0 spiro atoms. The average Bonchev–Trinajstić information content (AvgIpc) is 2.32. The number of rotatable bonds is 3. The van der Waals surface area contributed by atoms with Gasteiger partial charge in [0.15, 0.2) is 0 Å². The Hall–Kier alpha value is -0.450. The van der Waals surface area contributed by atoms with Crippen molar-refractivity contribution in [1.29, 1.82) is 0 Å². The molecule has 3 unspecified atom stereocenters. The number of aliphatic hydroxyl groups excluding tert-OH is 1. The molecule has 1 aliphatic carbocycles. The summed E-state index contributed by atoms with van der Waals surface area (Å²) in [5.74, 6) is -0.240.